The Labute approximate surface area is 803 Å². The summed E-state index contributed by atoms with van der Waals surface area (Å²) in [6, 6.07) is 137. The first-order valence-corrected chi connectivity index (χ1v) is 51.8. The predicted octanol–water partition coefficient (Wildman–Crippen LogP) is 39.2. The van der Waals surface area contributed by atoms with Gasteiger partial charge in [-0.3, -0.25) is 0 Å². The van der Waals surface area contributed by atoms with Crippen LogP contribution in [0.25, 0.3) is 77.9 Å². The molecule has 3 aliphatic carbocycles. The zero-order chi connectivity index (χ0) is 91.6. The molecule has 134 heavy (non-hydrogen) atoms. The van der Waals surface area contributed by atoms with Crippen molar-refractivity contribution < 1.29 is 0 Å². The lowest BCUT2D eigenvalue weighted by atomic mass is 9.70. The Morgan fingerprint density at radius 3 is 0.597 bits per heavy atom. The van der Waals surface area contributed by atoms with Gasteiger partial charge in [0.05, 0.1) is 0 Å². The van der Waals surface area contributed by atoms with E-state index >= 15 is 0 Å². The molecule has 0 radical (unpaired) electrons. The number of benzene rings is 15. The van der Waals surface area contributed by atoms with E-state index in [-0.39, 0.29) is 16.2 Å². The Morgan fingerprint density at radius 2 is 0.343 bits per heavy atom. The highest BCUT2D eigenvalue weighted by Gasteiger charge is 2.46. The zero-order valence-electron chi connectivity index (χ0n) is 81.1. The van der Waals surface area contributed by atoms with Crippen LogP contribution in [0.15, 0.2) is 358 Å². The summed E-state index contributed by atoms with van der Waals surface area (Å²) in [5, 5.41) is 0. The number of para-hydroxylation sites is 2. The van der Waals surface area contributed by atoms with E-state index in [9.17, 15) is 0 Å². The third-order valence-electron chi connectivity index (χ3n) is 30.5. The first-order valence-electron chi connectivity index (χ1n) is 51.8. The van der Waals surface area contributed by atoms with Gasteiger partial charge in [-0.25, -0.2) is 0 Å². The van der Waals surface area contributed by atoms with Gasteiger partial charge in [0.1, 0.15) is 0 Å². The van der Waals surface area contributed by atoms with Gasteiger partial charge in [-0.2, -0.15) is 0 Å². The van der Waals surface area contributed by atoms with Gasteiger partial charge < -0.3 is 19.6 Å². The standard InChI is InChI=1S/C130H140N4/c1-8-14-20-38-88-128(89-39-21-15-9-2)122-51-35-32-48-116(122)119-85-82-113(94-125(119)128)131(7)105-70-58-99(59-71-105)102-66-78-111(79-67-102)133(114-83-86-120-117-49-33-36-52-123(117)129(126(120)95-114,90-40-22-16-10-3)91-41-23-17-11-4)109-74-62-100(63-75-109)97-54-56-98(57-55-97)101-64-76-110(77-65-101)134(115-84-87-121-118-50-34-37-53-124(118)130(127(121)96-115,92-42-24-18-12-5)93-43-25-19-13-6)112-80-68-104(69-81-112)103-60-72-108(73-61-103)132(106-44-28-26-29-45-106)107-46-30-27-31-47-107/h26-37,44-87,94-96H,8-25,38-43,88-93H2,1-7H3. The molecule has 0 heterocycles. The Bertz CT molecular complexity index is 6250. The average Bonchev–Trinajstić information content (AvgIpc) is 1.57. The lowest BCUT2D eigenvalue weighted by Crippen LogP contribution is -2.26. The highest BCUT2D eigenvalue weighted by Crippen LogP contribution is 2.60. The summed E-state index contributed by atoms with van der Waals surface area (Å²) < 4.78 is 0. The van der Waals surface area contributed by atoms with Crippen LogP contribution in [-0.2, 0) is 16.2 Å². The highest BCUT2D eigenvalue weighted by atomic mass is 15.2. The van der Waals surface area contributed by atoms with Crippen LogP contribution < -0.4 is 19.6 Å². The zero-order valence-corrected chi connectivity index (χ0v) is 81.1. The van der Waals surface area contributed by atoms with Gasteiger partial charge in [-0.1, -0.05) is 420 Å². The molecule has 3 aliphatic rings. The van der Waals surface area contributed by atoms with Crippen LogP contribution in [0.4, 0.5) is 62.6 Å². The fourth-order valence-electron chi connectivity index (χ4n) is 23.3. The normalized spacial score (nSPS) is 13.2. The molecule has 4 nitrogen and oxygen atoms in total. The maximum absolute atomic E-state index is 2.61. The fraction of sp³-hybridized carbons (Fsp3) is 0.308. The molecule has 4 heteroatoms. The lowest BCUT2D eigenvalue weighted by molar-refractivity contribution is 0.401. The second kappa shape index (κ2) is 43.2. The quantitative estimate of drug-likeness (QED) is 0.0353. The van der Waals surface area contributed by atoms with Crippen molar-refractivity contribution in [2.45, 2.75) is 250 Å². The monoisotopic (exact) mass is 1760 g/mol. The summed E-state index contributed by atoms with van der Waals surface area (Å²) in [7, 11) is 2.26. The molecule has 0 aliphatic heterocycles. The van der Waals surface area contributed by atoms with Gasteiger partial charge in [0.25, 0.3) is 0 Å². The van der Waals surface area contributed by atoms with Crippen molar-refractivity contribution in [3.05, 3.63) is 391 Å². The largest absolute Gasteiger partial charge is 0.345 e. The molecule has 0 aromatic heterocycles. The summed E-state index contributed by atoms with van der Waals surface area (Å²) in [5.41, 5.74) is 39.8. The van der Waals surface area contributed by atoms with Crippen molar-refractivity contribution in [1.82, 2.24) is 0 Å². The van der Waals surface area contributed by atoms with Gasteiger partial charge in [-0.15, -0.1) is 0 Å². The van der Waals surface area contributed by atoms with Gasteiger partial charge >= 0.3 is 0 Å². The summed E-state index contributed by atoms with van der Waals surface area (Å²) in [5.74, 6) is 0. The van der Waals surface area contributed by atoms with Crippen molar-refractivity contribution in [1.29, 1.82) is 0 Å². The molecule has 680 valence electrons. The van der Waals surface area contributed by atoms with Crippen LogP contribution >= 0.6 is 0 Å². The number of hydrogen-bond donors (Lipinski definition) is 0. The SMILES string of the molecule is CCCCCCC1(CCCCCC)c2ccccc2-c2ccc(N(C)c3ccc(-c4ccc(N(c5ccc(-c6ccc(-c7ccc(N(c8ccc(-c9ccc(N(c%10ccccc%10)c%10ccccc%10)cc9)cc8)c8ccc9c(c8)C(CCCCCC)(CCCCCC)c8ccccc8-9)cc7)cc6)cc5)c5ccc6c(c5)C(CCCCCC)(CCCCCC)c5ccccc5-6)cc4)cc3)cc21. The Morgan fingerprint density at radius 1 is 0.157 bits per heavy atom. The van der Waals surface area contributed by atoms with Crippen LogP contribution in [-0.4, -0.2) is 7.05 Å². The minimum absolute atomic E-state index is 0.0381. The molecule has 0 spiro atoms. The van der Waals surface area contributed by atoms with E-state index in [0.29, 0.717) is 0 Å². The van der Waals surface area contributed by atoms with Gasteiger partial charge in [0.2, 0.25) is 0 Å². The van der Waals surface area contributed by atoms with Crippen molar-refractivity contribution in [2.75, 3.05) is 26.6 Å². The summed E-state index contributed by atoms with van der Waals surface area (Å²) in [6.07, 6.45) is 37.3. The maximum Gasteiger partial charge on any atom is 0.0465 e. The first kappa shape index (κ1) is 92.0. The molecule has 0 fully saturated rings. The summed E-state index contributed by atoms with van der Waals surface area (Å²) in [4.78, 5) is 9.79. The Hall–Kier alpha value is -12.5. The van der Waals surface area contributed by atoms with E-state index in [1.807, 2.05) is 0 Å². The van der Waals surface area contributed by atoms with E-state index in [0.717, 1.165) is 52.7 Å². The Kier molecular flexibility index (Phi) is 29.7. The van der Waals surface area contributed by atoms with Crippen molar-refractivity contribution >= 4 is 62.6 Å². The molecular weight excluding hydrogens is 1620 g/mol. The molecule has 18 rings (SSSR count). The second-order valence-corrected chi connectivity index (χ2v) is 39.0. The Balaban J connectivity index is 0.652. The van der Waals surface area contributed by atoms with Gasteiger partial charge in [0, 0.05) is 85.9 Å². The number of rotatable bonds is 45. The third kappa shape index (κ3) is 19.2. The second-order valence-electron chi connectivity index (χ2n) is 39.0. The van der Waals surface area contributed by atoms with Crippen LogP contribution in [0.3, 0.4) is 0 Å². The fourth-order valence-corrected chi connectivity index (χ4v) is 23.3. The van der Waals surface area contributed by atoms with Crippen molar-refractivity contribution in [3.63, 3.8) is 0 Å². The van der Waals surface area contributed by atoms with Crippen LogP contribution in [0.1, 0.15) is 268 Å². The molecule has 0 bridgehead atoms. The van der Waals surface area contributed by atoms with Crippen LogP contribution in [0.2, 0.25) is 0 Å². The molecule has 0 saturated carbocycles. The number of hydrogen-bond acceptors (Lipinski definition) is 4. The molecule has 0 atom stereocenters. The smallest absolute Gasteiger partial charge is 0.0465 e. The number of anilines is 11. The molecule has 0 unspecified atom stereocenters. The lowest BCUT2D eigenvalue weighted by Gasteiger charge is -2.34. The van der Waals surface area contributed by atoms with Gasteiger partial charge in [0.15, 0.2) is 0 Å². The van der Waals surface area contributed by atoms with Crippen LogP contribution in [0, 0.1) is 0 Å². The number of fused-ring (bicyclic) bond motifs is 9. The number of unbranched alkanes of at least 4 members (excludes halogenated alkanes) is 18. The maximum atomic E-state index is 2.61. The molecule has 15 aromatic rings. The van der Waals surface area contributed by atoms with E-state index < -0.39 is 0 Å². The minimum Gasteiger partial charge on any atom is -0.345 e. The molecule has 15 aromatic carbocycles. The van der Waals surface area contributed by atoms with Crippen molar-refractivity contribution in [3.8, 4) is 77.9 Å². The minimum atomic E-state index is -0.0545. The van der Waals surface area contributed by atoms with E-state index in [1.54, 1.807) is 5.56 Å². The summed E-state index contributed by atoms with van der Waals surface area (Å²) >= 11 is 0. The molecule has 0 saturated heterocycles. The average molecular weight is 1760 g/mol. The van der Waals surface area contributed by atoms with Crippen LogP contribution in [0.5, 0.6) is 0 Å². The van der Waals surface area contributed by atoms with Gasteiger partial charge in [-0.05, 0) is 283 Å². The topological polar surface area (TPSA) is 13.0 Å². The number of nitrogens with zero attached hydrogens (tertiary/aromatic N) is 4. The highest BCUT2D eigenvalue weighted by molar-refractivity contribution is 5.91. The third-order valence-corrected chi connectivity index (χ3v) is 30.5. The first-order chi connectivity index (χ1) is 66.1. The molecular formula is C130H140N4. The summed E-state index contributed by atoms with van der Waals surface area (Å²) in [6.45, 7) is 14.0. The molecule has 0 amide bonds. The van der Waals surface area contributed by atoms with E-state index in [1.165, 1.54) is 308 Å². The van der Waals surface area contributed by atoms with E-state index in [2.05, 4.69) is 426 Å². The van der Waals surface area contributed by atoms with Crippen molar-refractivity contribution in [2.24, 2.45) is 0 Å². The molecule has 0 N–H and O–H groups in total. The van der Waals surface area contributed by atoms with E-state index in [4.69, 9.17) is 0 Å². The predicted molar refractivity (Wildman–Crippen MR) is 578 cm³/mol.